The normalized spacial score (nSPS) is 32.4. The van der Waals surface area contributed by atoms with Crippen molar-refractivity contribution in [3.63, 3.8) is 0 Å². The molecule has 0 fully saturated rings. The predicted molar refractivity (Wildman–Crippen MR) is 84.9 cm³/mol. The molecule has 0 saturated heterocycles. The van der Waals surface area contributed by atoms with Gasteiger partial charge in [0.05, 0.1) is 24.5 Å². The van der Waals surface area contributed by atoms with Crippen LogP contribution in [0.25, 0.3) is 0 Å². The monoisotopic (exact) mass is 315 g/mol. The van der Waals surface area contributed by atoms with Gasteiger partial charge in [-0.3, -0.25) is 14.6 Å². The zero-order valence-corrected chi connectivity index (χ0v) is 14.2. The Labute approximate surface area is 130 Å². The molecule has 0 bridgehead atoms. The van der Waals surface area contributed by atoms with Crippen LogP contribution in [0.15, 0.2) is 4.99 Å². The van der Waals surface area contributed by atoms with Crippen molar-refractivity contribution in [2.45, 2.75) is 40.2 Å². The van der Waals surface area contributed by atoms with E-state index in [0.717, 1.165) is 11.5 Å². The van der Waals surface area contributed by atoms with Crippen LogP contribution in [0.2, 0.25) is 0 Å². The smallest absolute Gasteiger partial charge is 0.314 e. The van der Waals surface area contributed by atoms with Crippen LogP contribution in [-0.4, -0.2) is 47.4 Å². The lowest BCUT2D eigenvalue weighted by molar-refractivity contribution is -0.159. The first-order valence-electron chi connectivity index (χ1n) is 7.26. The van der Waals surface area contributed by atoms with Gasteiger partial charge in [-0.15, -0.1) is 0 Å². The molecule has 0 aromatic carbocycles. The van der Waals surface area contributed by atoms with Crippen molar-refractivity contribution < 1.29 is 19.4 Å². The third-order valence-corrected chi connectivity index (χ3v) is 5.52. The Morgan fingerprint density at radius 3 is 2.52 bits per heavy atom. The van der Waals surface area contributed by atoms with Crippen molar-refractivity contribution in [2.24, 2.45) is 22.2 Å². The number of rotatable bonds is 6. The Balaban J connectivity index is 3.22. The molecule has 4 atom stereocenters. The van der Waals surface area contributed by atoms with Crippen LogP contribution in [0.4, 0.5) is 0 Å². The second-order valence-electron chi connectivity index (χ2n) is 5.53. The summed E-state index contributed by atoms with van der Waals surface area (Å²) in [4.78, 5) is 28.5. The van der Waals surface area contributed by atoms with Gasteiger partial charge in [0.2, 0.25) is 0 Å². The van der Waals surface area contributed by atoms with Crippen LogP contribution in [0.5, 0.6) is 0 Å². The summed E-state index contributed by atoms with van der Waals surface area (Å²) < 4.78 is 4.85. The van der Waals surface area contributed by atoms with Gasteiger partial charge in [0.25, 0.3) is 0 Å². The highest BCUT2D eigenvalue weighted by Gasteiger charge is 2.55. The lowest BCUT2D eigenvalue weighted by Crippen LogP contribution is -2.54. The van der Waals surface area contributed by atoms with Gasteiger partial charge in [-0.05, 0) is 37.7 Å². The van der Waals surface area contributed by atoms with Gasteiger partial charge in [-0.1, -0.05) is 13.8 Å². The van der Waals surface area contributed by atoms with E-state index in [4.69, 9.17) is 4.74 Å². The topological polar surface area (TPSA) is 76.0 Å². The predicted octanol–water partition coefficient (Wildman–Crippen LogP) is 2.49. The summed E-state index contributed by atoms with van der Waals surface area (Å²) in [7, 11) is 1.33. The number of hydrogen-bond acceptors (Lipinski definition) is 5. The molecule has 1 aliphatic heterocycles. The average molecular weight is 315 g/mol. The van der Waals surface area contributed by atoms with Crippen molar-refractivity contribution in [2.75, 3.05) is 18.6 Å². The molecule has 1 N–H and O–H groups in total. The van der Waals surface area contributed by atoms with Crippen molar-refractivity contribution in [1.29, 1.82) is 0 Å². The molecule has 4 unspecified atom stereocenters. The number of carboxylic acid groups (broad SMARTS) is 1. The lowest BCUT2D eigenvalue weighted by atomic mass is 9.62. The summed E-state index contributed by atoms with van der Waals surface area (Å²) in [5.74, 6) is -0.490. The summed E-state index contributed by atoms with van der Waals surface area (Å²) in [5, 5.41) is 9.86. The number of hydrogen-bond donors (Lipinski definition) is 1. The maximum absolute atomic E-state index is 12.0. The van der Waals surface area contributed by atoms with Gasteiger partial charge >= 0.3 is 11.9 Å². The van der Waals surface area contributed by atoms with E-state index >= 15 is 0 Å². The zero-order chi connectivity index (χ0) is 16.2. The molecule has 0 amide bonds. The number of esters is 1. The molecule has 6 heteroatoms. The summed E-state index contributed by atoms with van der Waals surface area (Å²) in [5.41, 5.74) is -0.345. The van der Waals surface area contributed by atoms with Crippen LogP contribution >= 0.6 is 11.8 Å². The Morgan fingerprint density at radius 1 is 1.43 bits per heavy atom. The standard InChI is InChI=1S/C15H25NO4S/c1-6-21-8-7-15(14(18)19)9(2)12(13(17)20-5)10(3)16-11(15)4/h9,11-12H,6-8H2,1-5H3,(H,18,19). The van der Waals surface area contributed by atoms with Crippen molar-refractivity contribution in [3.8, 4) is 0 Å². The van der Waals surface area contributed by atoms with Crippen molar-refractivity contribution in [3.05, 3.63) is 0 Å². The highest BCUT2D eigenvalue weighted by Crippen LogP contribution is 2.46. The molecule has 120 valence electrons. The molecular weight excluding hydrogens is 290 g/mol. The van der Waals surface area contributed by atoms with E-state index in [2.05, 4.69) is 4.99 Å². The summed E-state index contributed by atoms with van der Waals surface area (Å²) >= 11 is 1.71. The van der Waals surface area contributed by atoms with E-state index in [-0.39, 0.29) is 12.0 Å². The number of aliphatic imine (C=N–C) groups is 1. The molecule has 1 rings (SSSR count). The summed E-state index contributed by atoms with van der Waals surface area (Å²) in [6.07, 6.45) is 0.507. The number of carboxylic acids is 1. The van der Waals surface area contributed by atoms with Crippen LogP contribution in [0.3, 0.4) is 0 Å². The fraction of sp³-hybridized carbons (Fsp3) is 0.800. The highest BCUT2D eigenvalue weighted by atomic mass is 32.2. The van der Waals surface area contributed by atoms with Gasteiger partial charge in [-0.2, -0.15) is 11.8 Å². The van der Waals surface area contributed by atoms with Crippen molar-refractivity contribution >= 4 is 29.4 Å². The fourth-order valence-electron chi connectivity index (χ4n) is 3.34. The minimum Gasteiger partial charge on any atom is -0.481 e. The number of methoxy groups -OCH3 is 1. The highest BCUT2D eigenvalue weighted by molar-refractivity contribution is 7.99. The number of nitrogens with zero attached hydrogens (tertiary/aromatic N) is 1. The Morgan fingerprint density at radius 2 is 2.05 bits per heavy atom. The number of ether oxygens (including phenoxy) is 1. The molecule has 0 aromatic heterocycles. The summed E-state index contributed by atoms with van der Waals surface area (Å²) in [6.45, 7) is 7.49. The number of aliphatic carboxylic acids is 1. The molecule has 0 spiro atoms. The van der Waals surface area contributed by atoms with Gasteiger partial charge in [0.1, 0.15) is 0 Å². The third-order valence-electron chi connectivity index (χ3n) is 4.62. The van der Waals surface area contributed by atoms with E-state index < -0.39 is 23.3 Å². The maximum Gasteiger partial charge on any atom is 0.314 e. The van der Waals surface area contributed by atoms with Gasteiger partial charge < -0.3 is 9.84 Å². The second kappa shape index (κ2) is 7.29. The van der Waals surface area contributed by atoms with Crippen molar-refractivity contribution in [1.82, 2.24) is 0 Å². The molecule has 0 saturated carbocycles. The molecule has 5 nitrogen and oxygen atoms in total. The van der Waals surface area contributed by atoms with Crippen LogP contribution in [0.1, 0.15) is 34.1 Å². The molecule has 1 heterocycles. The fourth-order valence-corrected chi connectivity index (χ4v) is 4.12. The molecule has 21 heavy (non-hydrogen) atoms. The minimum absolute atomic E-state index is 0.340. The SMILES string of the molecule is CCSCCC1(C(=O)O)C(C)N=C(C)C(C(=O)OC)C1C. The van der Waals surface area contributed by atoms with Gasteiger partial charge in [-0.25, -0.2) is 0 Å². The second-order valence-corrected chi connectivity index (χ2v) is 6.92. The van der Waals surface area contributed by atoms with E-state index in [0.29, 0.717) is 12.1 Å². The Bertz CT molecular complexity index is 437. The van der Waals surface area contributed by atoms with E-state index in [1.807, 2.05) is 20.8 Å². The number of carbonyl (C=O) groups excluding carboxylic acids is 1. The largest absolute Gasteiger partial charge is 0.481 e. The molecule has 0 radical (unpaired) electrons. The average Bonchev–Trinajstić information content (AvgIpc) is 2.41. The molecular formula is C15H25NO4S. The third kappa shape index (κ3) is 3.25. The molecule has 0 aromatic rings. The number of thioether (sulfide) groups is 1. The maximum atomic E-state index is 12.0. The van der Waals surface area contributed by atoms with Crippen LogP contribution in [-0.2, 0) is 14.3 Å². The van der Waals surface area contributed by atoms with E-state index in [1.165, 1.54) is 7.11 Å². The van der Waals surface area contributed by atoms with Gasteiger partial charge in [0, 0.05) is 5.71 Å². The number of carbonyl (C=O) groups is 2. The Hall–Kier alpha value is -1.04. The molecule has 1 aliphatic rings. The van der Waals surface area contributed by atoms with Gasteiger partial charge in [0.15, 0.2) is 0 Å². The van der Waals surface area contributed by atoms with Crippen LogP contribution < -0.4 is 0 Å². The first-order chi connectivity index (χ1) is 9.82. The Kier molecular flexibility index (Phi) is 6.25. The minimum atomic E-state index is -1.01. The van der Waals surface area contributed by atoms with E-state index in [1.54, 1.807) is 18.7 Å². The van der Waals surface area contributed by atoms with E-state index in [9.17, 15) is 14.7 Å². The first kappa shape index (κ1) is 18.0. The van der Waals surface area contributed by atoms with Crippen LogP contribution in [0, 0.1) is 17.3 Å². The summed E-state index contributed by atoms with van der Waals surface area (Å²) in [6, 6.07) is -0.344. The molecule has 0 aliphatic carbocycles. The quantitative estimate of drug-likeness (QED) is 0.602. The first-order valence-corrected chi connectivity index (χ1v) is 8.41. The zero-order valence-electron chi connectivity index (χ0n) is 13.4. The lowest BCUT2D eigenvalue weighted by Gasteiger charge is -2.45.